The Morgan fingerprint density at radius 3 is 2.18 bits per heavy atom. The first kappa shape index (κ1) is 24.3. The zero-order valence-corrected chi connectivity index (χ0v) is 22.2. The standard InChI is InChI=1S/C30H50O3/c1-25(2)13-15-30(19-32)16-14-28(5)20(21(30)17-25)7-8-23-26(3)11-10-24(33)27(4,18-31)22(26)9-12-29(23,28)6/h7,21-24,31-33H,8-19H2,1-6H3. The van der Waals surface area contributed by atoms with E-state index in [4.69, 9.17) is 0 Å². The molecule has 5 aliphatic carbocycles. The van der Waals surface area contributed by atoms with E-state index in [2.05, 4.69) is 47.6 Å². The predicted octanol–water partition coefficient (Wildman–Crippen LogP) is 6.11. The van der Waals surface area contributed by atoms with E-state index >= 15 is 0 Å². The Bertz CT molecular complexity index is 832. The van der Waals surface area contributed by atoms with Crippen molar-refractivity contribution in [1.82, 2.24) is 0 Å². The van der Waals surface area contributed by atoms with Crippen LogP contribution in [0.2, 0.25) is 0 Å². The van der Waals surface area contributed by atoms with Crippen LogP contribution < -0.4 is 0 Å². The Hall–Kier alpha value is -0.380. The van der Waals surface area contributed by atoms with E-state index in [9.17, 15) is 15.3 Å². The fourth-order valence-electron chi connectivity index (χ4n) is 10.7. The average molecular weight is 459 g/mol. The van der Waals surface area contributed by atoms with Crippen LogP contribution in [0.4, 0.5) is 0 Å². The molecule has 9 atom stereocenters. The topological polar surface area (TPSA) is 60.7 Å². The Morgan fingerprint density at radius 1 is 0.818 bits per heavy atom. The number of hydrogen-bond acceptors (Lipinski definition) is 3. The molecular weight excluding hydrogens is 408 g/mol. The molecule has 5 rings (SSSR count). The summed E-state index contributed by atoms with van der Waals surface area (Å²) in [4.78, 5) is 0. The second kappa shape index (κ2) is 7.32. The Kier molecular flexibility index (Phi) is 5.40. The van der Waals surface area contributed by atoms with Crippen molar-refractivity contribution in [3.63, 3.8) is 0 Å². The van der Waals surface area contributed by atoms with E-state index in [-0.39, 0.29) is 39.8 Å². The van der Waals surface area contributed by atoms with Crippen LogP contribution in [0.1, 0.15) is 106 Å². The van der Waals surface area contributed by atoms with Crippen molar-refractivity contribution in [2.75, 3.05) is 13.2 Å². The third-order valence-corrected chi connectivity index (χ3v) is 13.2. The molecule has 0 aromatic rings. The van der Waals surface area contributed by atoms with Crippen LogP contribution in [0.15, 0.2) is 11.6 Å². The lowest BCUT2D eigenvalue weighted by Gasteiger charge is -2.71. The summed E-state index contributed by atoms with van der Waals surface area (Å²) in [5.74, 6) is 1.49. The molecule has 0 aliphatic heterocycles. The third-order valence-electron chi connectivity index (χ3n) is 13.2. The molecule has 3 N–H and O–H groups in total. The van der Waals surface area contributed by atoms with Crippen LogP contribution in [-0.4, -0.2) is 34.6 Å². The van der Waals surface area contributed by atoms with Crippen molar-refractivity contribution in [2.45, 2.75) is 112 Å². The normalized spacial score (nSPS) is 55.5. The van der Waals surface area contributed by atoms with Crippen LogP contribution in [0, 0.1) is 50.2 Å². The van der Waals surface area contributed by atoms with Gasteiger partial charge in [0.2, 0.25) is 0 Å². The quantitative estimate of drug-likeness (QED) is 0.437. The zero-order valence-electron chi connectivity index (χ0n) is 22.2. The zero-order chi connectivity index (χ0) is 24.1. The molecule has 188 valence electrons. The van der Waals surface area contributed by atoms with Gasteiger partial charge in [-0.3, -0.25) is 0 Å². The van der Waals surface area contributed by atoms with Crippen molar-refractivity contribution in [2.24, 2.45) is 50.2 Å². The van der Waals surface area contributed by atoms with Crippen molar-refractivity contribution >= 4 is 0 Å². The average Bonchev–Trinajstić information content (AvgIpc) is 2.77. The molecule has 3 heteroatoms. The van der Waals surface area contributed by atoms with Crippen LogP contribution in [-0.2, 0) is 0 Å². The fraction of sp³-hybridized carbons (Fsp3) is 0.933. The molecule has 3 nitrogen and oxygen atoms in total. The monoisotopic (exact) mass is 458 g/mol. The SMILES string of the molecule is CC1(C)CCC2(CO)CCC3(C)C(=CCC4C5(C)CCC(O)C(C)(CO)C5CCC43C)C2C1. The number of aliphatic hydroxyl groups is 3. The van der Waals surface area contributed by atoms with E-state index in [1.54, 1.807) is 5.57 Å². The maximum absolute atomic E-state index is 10.9. The first-order chi connectivity index (χ1) is 15.3. The molecular formula is C30H50O3. The Morgan fingerprint density at radius 2 is 1.52 bits per heavy atom. The van der Waals surface area contributed by atoms with Crippen molar-refractivity contribution in [3.05, 3.63) is 11.6 Å². The van der Waals surface area contributed by atoms with Crippen molar-refractivity contribution in [3.8, 4) is 0 Å². The molecule has 0 heterocycles. The summed E-state index contributed by atoms with van der Waals surface area (Å²) in [6, 6.07) is 0. The van der Waals surface area contributed by atoms with Gasteiger partial charge in [0.15, 0.2) is 0 Å². The van der Waals surface area contributed by atoms with E-state index in [1.165, 1.54) is 32.1 Å². The molecule has 33 heavy (non-hydrogen) atoms. The maximum Gasteiger partial charge on any atom is 0.0618 e. The van der Waals surface area contributed by atoms with Crippen LogP contribution in [0.5, 0.6) is 0 Å². The smallest absolute Gasteiger partial charge is 0.0618 e. The van der Waals surface area contributed by atoms with Gasteiger partial charge in [-0.25, -0.2) is 0 Å². The molecule has 0 aromatic heterocycles. The minimum absolute atomic E-state index is 0.0897. The van der Waals surface area contributed by atoms with Crippen molar-refractivity contribution < 1.29 is 15.3 Å². The lowest BCUT2D eigenvalue weighted by atomic mass is 9.33. The van der Waals surface area contributed by atoms with Gasteiger partial charge in [-0.1, -0.05) is 53.2 Å². The number of fused-ring (bicyclic) bond motifs is 7. The molecule has 0 bridgehead atoms. The number of rotatable bonds is 2. The minimum Gasteiger partial charge on any atom is -0.396 e. The fourth-order valence-corrected chi connectivity index (χ4v) is 10.7. The van der Waals surface area contributed by atoms with Crippen LogP contribution >= 0.6 is 0 Å². The van der Waals surface area contributed by atoms with E-state index in [0.717, 1.165) is 32.1 Å². The Balaban J connectivity index is 1.58. The molecule has 4 saturated carbocycles. The summed E-state index contributed by atoms with van der Waals surface area (Å²) in [7, 11) is 0. The van der Waals surface area contributed by atoms with Crippen LogP contribution in [0.3, 0.4) is 0 Å². The van der Waals surface area contributed by atoms with E-state index < -0.39 is 0 Å². The van der Waals surface area contributed by atoms with Gasteiger partial charge in [-0.05, 0) is 104 Å². The first-order valence-electron chi connectivity index (χ1n) is 13.9. The summed E-state index contributed by atoms with van der Waals surface area (Å²) < 4.78 is 0. The van der Waals surface area contributed by atoms with Gasteiger partial charge in [0, 0.05) is 17.4 Å². The first-order valence-corrected chi connectivity index (χ1v) is 13.9. The second-order valence-electron chi connectivity index (χ2n) is 15.0. The number of aliphatic hydroxyl groups excluding tert-OH is 3. The molecule has 9 unspecified atom stereocenters. The second-order valence-corrected chi connectivity index (χ2v) is 15.0. The molecule has 0 amide bonds. The summed E-state index contributed by atoms with van der Waals surface area (Å²) in [6.07, 6.45) is 13.6. The highest BCUT2D eigenvalue weighted by molar-refractivity contribution is 5.33. The van der Waals surface area contributed by atoms with E-state index in [1.807, 2.05) is 0 Å². The van der Waals surface area contributed by atoms with Crippen molar-refractivity contribution in [1.29, 1.82) is 0 Å². The number of allylic oxidation sites excluding steroid dienone is 2. The van der Waals surface area contributed by atoms with Gasteiger partial charge in [0.25, 0.3) is 0 Å². The Labute approximate surface area is 202 Å². The maximum atomic E-state index is 10.9. The van der Waals surface area contributed by atoms with Gasteiger partial charge < -0.3 is 15.3 Å². The molecule has 4 fully saturated rings. The highest BCUT2D eigenvalue weighted by Crippen LogP contribution is 2.75. The van der Waals surface area contributed by atoms with Gasteiger partial charge in [0.1, 0.15) is 0 Å². The minimum atomic E-state index is -0.389. The molecule has 0 spiro atoms. The highest BCUT2D eigenvalue weighted by atomic mass is 16.3. The number of hydrogen-bond donors (Lipinski definition) is 3. The van der Waals surface area contributed by atoms with Gasteiger partial charge in [-0.2, -0.15) is 0 Å². The molecule has 0 saturated heterocycles. The van der Waals surface area contributed by atoms with Gasteiger partial charge >= 0.3 is 0 Å². The van der Waals surface area contributed by atoms with Gasteiger partial charge in [-0.15, -0.1) is 0 Å². The molecule has 5 aliphatic rings. The third kappa shape index (κ3) is 2.97. The lowest BCUT2D eigenvalue weighted by molar-refractivity contribution is -0.216. The predicted molar refractivity (Wildman–Crippen MR) is 134 cm³/mol. The summed E-state index contributed by atoms with van der Waals surface area (Å²) in [6.45, 7) is 15.1. The summed E-state index contributed by atoms with van der Waals surface area (Å²) in [5, 5.41) is 32.0. The lowest BCUT2D eigenvalue weighted by Crippen LogP contribution is -2.65. The molecule has 0 aromatic carbocycles. The van der Waals surface area contributed by atoms with Crippen LogP contribution in [0.25, 0.3) is 0 Å². The molecule has 0 radical (unpaired) electrons. The summed E-state index contributed by atoms with van der Waals surface area (Å²) >= 11 is 0. The summed E-state index contributed by atoms with van der Waals surface area (Å²) in [5.41, 5.74) is 2.34. The van der Waals surface area contributed by atoms with E-state index in [0.29, 0.717) is 29.8 Å². The largest absolute Gasteiger partial charge is 0.396 e. The highest BCUT2D eigenvalue weighted by Gasteiger charge is 2.68. The van der Waals surface area contributed by atoms with Gasteiger partial charge in [0.05, 0.1) is 12.7 Å².